The molecule has 0 amide bonds. The standard InChI is InChI=1S/C11H21NO7S2/c1-18-7-6-12(5-3-11(13)19-2)21(16,17)10-4-8-20(14,15)9-10/h10H,3-9H2,1-2H3. The van der Waals surface area contributed by atoms with Crippen molar-refractivity contribution in [2.24, 2.45) is 0 Å². The van der Waals surface area contributed by atoms with Gasteiger partial charge in [0.2, 0.25) is 10.0 Å². The molecule has 124 valence electrons. The highest BCUT2D eigenvalue weighted by atomic mass is 32.2. The average molecular weight is 343 g/mol. The van der Waals surface area contributed by atoms with Crippen molar-refractivity contribution in [3.05, 3.63) is 0 Å². The zero-order valence-corrected chi connectivity index (χ0v) is 13.8. The summed E-state index contributed by atoms with van der Waals surface area (Å²) in [5, 5.41) is -0.947. The van der Waals surface area contributed by atoms with E-state index in [1.165, 1.54) is 14.2 Å². The van der Waals surface area contributed by atoms with Gasteiger partial charge >= 0.3 is 5.97 Å². The first kappa shape index (κ1) is 18.3. The quantitative estimate of drug-likeness (QED) is 0.521. The molecule has 1 rings (SSSR count). The fraction of sp³-hybridized carbons (Fsp3) is 0.909. The van der Waals surface area contributed by atoms with Crippen LogP contribution in [0, 0.1) is 0 Å². The first-order chi connectivity index (χ1) is 9.73. The molecule has 0 bridgehead atoms. The molecule has 10 heteroatoms. The van der Waals surface area contributed by atoms with Gasteiger partial charge in [-0.2, -0.15) is 4.31 Å². The van der Waals surface area contributed by atoms with Crippen molar-refractivity contribution in [3.63, 3.8) is 0 Å². The van der Waals surface area contributed by atoms with Crippen molar-refractivity contribution in [3.8, 4) is 0 Å². The molecule has 0 aliphatic carbocycles. The molecule has 0 aromatic rings. The van der Waals surface area contributed by atoms with Gasteiger partial charge in [0.05, 0.1) is 36.9 Å². The fourth-order valence-electron chi connectivity index (χ4n) is 2.08. The van der Waals surface area contributed by atoms with Crippen molar-refractivity contribution in [2.75, 3.05) is 45.4 Å². The Bertz CT molecular complexity index is 555. The predicted molar refractivity (Wildman–Crippen MR) is 76.1 cm³/mol. The first-order valence-electron chi connectivity index (χ1n) is 6.48. The largest absolute Gasteiger partial charge is 0.469 e. The Labute approximate surface area is 125 Å². The average Bonchev–Trinajstić information content (AvgIpc) is 2.79. The number of ether oxygens (including phenoxy) is 2. The first-order valence-corrected chi connectivity index (χ1v) is 9.80. The lowest BCUT2D eigenvalue weighted by Gasteiger charge is -2.24. The number of carbonyl (C=O) groups excluding carboxylic acids is 1. The van der Waals surface area contributed by atoms with Gasteiger partial charge < -0.3 is 9.47 Å². The van der Waals surface area contributed by atoms with E-state index in [9.17, 15) is 21.6 Å². The van der Waals surface area contributed by atoms with Gasteiger partial charge in [-0.05, 0) is 6.42 Å². The van der Waals surface area contributed by atoms with Crippen molar-refractivity contribution in [1.29, 1.82) is 0 Å². The number of hydrogen-bond acceptors (Lipinski definition) is 7. The zero-order chi connectivity index (χ0) is 16.1. The number of nitrogens with zero attached hydrogens (tertiary/aromatic N) is 1. The molecule has 1 aliphatic rings. The lowest BCUT2D eigenvalue weighted by Crippen LogP contribution is -2.42. The highest BCUT2D eigenvalue weighted by Crippen LogP contribution is 2.22. The fourth-order valence-corrected chi connectivity index (χ4v) is 6.60. The molecule has 8 nitrogen and oxygen atoms in total. The van der Waals surface area contributed by atoms with Crippen molar-refractivity contribution in [2.45, 2.75) is 18.1 Å². The number of sulfone groups is 1. The Kier molecular flexibility index (Phi) is 6.57. The molecule has 1 aliphatic heterocycles. The Morgan fingerprint density at radius 3 is 2.43 bits per heavy atom. The summed E-state index contributed by atoms with van der Waals surface area (Å²) >= 11 is 0. The molecule has 1 saturated heterocycles. The molecule has 0 aromatic heterocycles. The normalized spacial score (nSPS) is 21.6. The summed E-state index contributed by atoms with van der Waals surface area (Å²) < 4.78 is 58.3. The third-order valence-electron chi connectivity index (χ3n) is 3.31. The molecule has 0 N–H and O–H groups in total. The van der Waals surface area contributed by atoms with Crippen LogP contribution in [-0.4, -0.2) is 77.8 Å². The smallest absolute Gasteiger partial charge is 0.306 e. The van der Waals surface area contributed by atoms with Gasteiger partial charge in [0.1, 0.15) is 0 Å². The minimum absolute atomic E-state index is 0.0467. The summed E-state index contributed by atoms with van der Waals surface area (Å²) in [4.78, 5) is 11.2. The SMILES string of the molecule is COCCN(CCC(=O)OC)S(=O)(=O)C1CCS(=O)(=O)C1. The Hall–Kier alpha value is -0.710. The molecule has 1 unspecified atom stereocenters. The lowest BCUT2D eigenvalue weighted by molar-refractivity contribution is -0.140. The van der Waals surface area contributed by atoms with Crippen LogP contribution < -0.4 is 0 Å². The summed E-state index contributed by atoms with van der Waals surface area (Å²) in [5.41, 5.74) is 0. The summed E-state index contributed by atoms with van der Waals surface area (Å²) in [5.74, 6) is -1.00. The minimum Gasteiger partial charge on any atom is -0.469 e. The van der Waals surface area contributed by atoms with E-state index in [0.717, 1.165) is 4.31 Å². The molecule has 0 radical (unpaired) electrons. The Balaban J connectivity index is 2.82. The van der Waals surface area contributed by atoms with E-state index in [0.29, 0.717) is 0 Å². The van der Waals surface area contributed by atoms with Crippen molar-refractivity contribution >= 4 is 25.8 Å². The van der Waals surface area contributed by atoms with Crippen LogP contribution in [0.2, 0.25) is 0 Å². The lowest BCUT2D eigenvalue weighted by atomic mass is 10.4. The van der Waals surface area contributed by atoms with Gasteiger partial charge in [-0.25, -0.2) is 16.8 Å². The topological polar surface area (TPSA) is 107 Å². The van der Waals surface area contributed by atoms with E-state index in [1.54, 1.807) is 0 Å². The molecule has 0 spiro atoms. The Morgan fingerprint density at radius 1 is 1.29 bits per heavy atom. The van der Waals surface area contributed by atoms with Crippen LogP contribution in [0.25, 0.3) is 0 Å². The highest BCUT2D eigenvalue weighted by molar-refractivity contribution is 7.95. The third-order valence-corrected chi connectivity index (χ3v) is 7.62. The van der Waals surface area contributed by atoms with Gasteiger partial charge in [-0.3, -0.25) is 4.79 Å². The maximum absolute atomic E-state index is 12.5. The number of sulfonamides is 1. The van der Waals surface area contributed by atoms with Gasteiger partial charge in [0.25, 0.3) is 0 Å². The van der Waals surface area contributed by atoms with Gasteiger partial charge in [0, 0.05) is 20.2 Å². The summed E-state index contributed by atoms with van der Waals surface area (Å²) in [6.07, 6.45) is 0.00525. The maximum Gasteiger partial charge on any atom is 0.306 e. The highest BCUT2D eigenvalue weighted by Gasteiger charge is 2.40. The van der Waals surface area contributed by atoms with Gasteiger partial charge in [0.15, 0.2) is 9.84 Å². The molecule has 1 fully saturated rings. The molecule has 1 atom stereocenters. The third kappa shape index (κ3) is 5.20. The Morgan fingerprint density at radius 2 is 1.95 bits per heavy atom. The van der Waals surface area contributed by atoms with Crippen molar-refractivity contribution < 1.29 is 31.1 Å². The molecular weight excluding hydrogens is 322 g/mol. The van der Waals surface area contributed by atoms with Crippen LogP contribution >= 0.6 is 0 Å². The summed E-state index contributed by atoms with van der Waals surface area (Å²) in [6.45, 7) is 0.196. The van der Waals surface area contributed by atoms with E-state index in [4.69, 9.17) is 4.74 Å². The van der Waals surface area contributed by atoms with Crippen LogP contribution in [0.5, 0.6) is 0 Å². The number of carbonyl (C=O) groups is 1. The maximum atomic E-state index is 12.5. The molecule has 1 heterocycles. The summed E-state index contributed by atoms with van der Waals surface area (Å²) in [6, 6.07) is 0. The number of hydrogen-bond donors (Lipinski definition) is 0. The van der Waals surface area contributed by atoms with E-state index in [1.807, 2.05) is 0 Å². The van der Waals surface area contributed by atoms with Gasteiger partial charge in [-0.1, -0.05) is 0 Å². The summed E-state index contributed by atoms with van der Waals surface area (Å²) in [7, 11) is -4.42. The number of methoxy groups -OCH3 is 2. The zero-order valence-electron chi connectivity index (χ0n) is 12.1. The second-order valence-corrected chi connectivity index (χ2v) is 9.23. The molecular formula is C11H21NO7S2. The van der Waals surface area contributed by atoms with E-state index >= 15 is 0 Å². The molecule has 0 saturated carbocycles. The van der Waals surface area contributed by atoms with Gasteiger partial charge in [-0.15, -0.1) is 0 Å². The molecule has 0 aromatic carbocycles. The van der Waals surface area contributed by atoms with E-state index in [-0.39, 0.29) is 44.0 Å². The number of rotatable bonds is 8. The van der Waals surface area contributed by atoms with Crippen molar-refractivity contribution in [1.82, 2.24) is 4.31 Å². The second kappa shape index (κ2) is 7.52. The second-order valence-electron chi connectivity index (χ2n) is 4.79. The number of esters is 1. The van der Waals surface area contributed by atoms with E-state index in [2.05, 4.69) is 4.74 Å². The predicted octanol–water partition coefficient (Wildman–Crippen LogP) is -0.985. The van der Waals surface area contributed by atoms with Crippen LogP contribution in [0.3, 0.4) is 0 Å². The molecule has 21 heavy (non-hydrogen) atoms. The monoisotopic (exact) mass is 343 g/mol. The van der Waals surface area contributed by atoms with Crippen LogP contribution in [-0.2, 0) is 34.1 Å². The van der Waals surface area contributed by atoms with Crippen LogP contribution in [0.4, 0.5) is 0 Å². The van der Waals surface area contributed by atoms with E-state index < -0.39 is 31.1 Å². The van der Waals surface area contributed by atoms with Crippen LogP contribution in [0.15, 0.2) is 0 Å². The van der Waals surface area contributed by atoms with Crippen LogP contribution in [0.1, 0.15) is 12.8 Å². The minimum atomic E-state index is -3.78.